The number of aryl methyl sites for hydroxylation is 1. The first-order valence-corrected chi connectivity index (χ1v) is 6.19. The Hall–Kier alpha value is -2.51. The number of nitrogens with one attached hydrogen (secondary N) is 1. The molecule has 5 heteroatoms. The van der Waals surface area contributed by atoms with Crippen molar-refractivity contribution in [1.29, 1.82) is 5.26 Å². The molecule has 2 aromatic carbocycles. The van der Waals surface area contributed by atoms with E-state index < -0.39 is 0 Å². The molecule has 1 amide bonds. The summed E-state index contributed by atoms with van der Waals surface area (Å²) in [6, 6.07) is 11.3. The number of benzene rings is 2. The van der Waals surface area contributed by atoms with Crippen LogP contribution in [0.25, 0.3) is 0 Å². The van der Waals surface area contributed by atoms with E-state index in [4.69, 9.17) is 16.9 Å². The van der Waals surface area contributed by atoms with Gasteiger partial charge in [0.05, 0.1) is 16.7 Å². The number of rotatable bonds is 2. The van der Waals surface area contributed by atoms with Crippen molar-refractivity contribution in [2.45, 2.75) is 6.92 Å². The minimum absolute atomic E-state index is 0.0779. The maximum atomic E-state index is 12.1. The second-order valence-corrected chi connectivity index (χ2v) is 4.67. The van der Waals surface area contributed by atoms with Gasteiger partial charge in [-0.2, -0.15) is 5.26 Å². The molecule has 100 valence electrons. The molecular weight excluding hydrogens is 276 g/mol. The molecule has 2 aromatic rings. The molecule has 0 aliphatic carbocycles. The lowest BCUT2D eigenvalue weighted by molar-refractivity contribution is 0.102. The monoisotopic (exact) mass is 286 g/mol. The van der Waals surface area contributed by atoms with Gasteiger partial charge in [0.2, 0.25) is 0 Å². The summed E-state index contributed by atoms with van der Waals surface area (Å²) in [7, 11) is 0. The topological polar surface area (TPSA) is 73.1 Å². The normalized spacial score (nSPS) is 9.85. The Bertz CT molecular complexity index is 720. The average Bonchev–Trinajstić information content (AvgIpc) is 2.44. The van der Waals surface area contributed by atoms with Crippen LogP contribution >= 0.6 is 11.6 Å². The fourth-order valence-electron chi connectivity index (χ4n) is 1.67. The molecule has 0 atom stereocenters. The van der Waals surface area contributed by atoms with Crippen molar-refractivity contribution in [2.24, 2.45) is 0 Å². The van der Waals surface area contributed by atoms with Crippen molar-refractivity contribution >= 4 is 23.2 Å². The van der Waals surface area contributed by atoms with Crippen LogP contribution in [-0.4, -0.2) is 11.0 Å². The van der Waals surface area contributed by atoms with Gasteiger partial charge in [-0.3, -0.25) is 4.79 Å². The molecule has 2 rings (SSSR count). The van der Waals surface area contributed by atoms with Crippen molar-refractivity contribution < 1.29 is 9.90 Å². The molecule has 0 spiro atoms. The fourth-order valence-corrected chi connectivity index (χ4v) is 1.85. The average molecular weight is 287 g/mol. The number of phenolic OH excluding ortho intramolecular Hbond substituents is 1. The van der Waals surface area contributed by atoms with E-state index in [1.54, 1.807) is 18.2 Å². The van der Waals surface area contributed by atoms with Crippen LogP contribution in [0.4, 0.5) is 5.69 Å². The summed E-state index contributed by atoms with van der Waals surface area (Å²) < 4.78 is 0. The number of carbonyl (C=O) groups excluding carboxylic acids is 1. The second-order valence-electron chi connectivity index (χ2n) is 4.26. The molecule has 4 nitrogen and oxygen atoms in total. The number of nitrogens with zero attached hydrogens (tertiary/aromatic N) is 1. The Kier molecular flexibility index (Phi) is 3.92. The molecule has 20 heavy (non-hydrogen) atoms. The highest BCUT2D eigenvalue weighted by molar-refractivity contribution is 6.32. The molecule has 0 radical (unpaired) electrons. The van der Waals surface area contributed by atoms with E-state index in [0.717, 1.165) is 5.56 Å². The maximum absolute atomic E-state index is 12.1. The van der Waals surface area contributed by atoms with Crippen molar-refractivity contribution in [3.8, 4) is 11.8 Å². The standard InChI is InChI=1S/C15H11ClN2O2/c1-9-2-3-10(8-17)6-13(9)18-15(20)11-4-5-14(19)12(16)7-11/h2-7,19H,1H3,(H,18,20). The Morgan fingerprint density at radius 1 is 1.30 bits per heavy atom. The quantitative estimate of drug-likeness (QED) is 0.887. The molecular formula is C15H11ClN2O2. The molecule has 0 heterocycles. The van der Waals surface area contributed by atoms with Crippen molar-refractivity contribution in [3.63, 3.8) is 0 Å². The number of phenols is 1. The summed E-state index contributed by atoms with van der Waals surface area (Å²) in [4.78, 5) is 12.1. The molecule has 0 aliphatic rings. The molecule has 0 aromatic heterocycles. The second kappa shape index (κ2) is 5.64. The molecule has 0 unspecified atom stereocenters. The molecule has 0 saturated carbocycles. The van der Waals surface area contributed by atoms with Crippen LogP contribution in [0.1, 0.15) is 21.5 Å². The zero-order chi connectivity index (χ0) is 14.7. The summed E-state index contributed by atoms with van der Waals surface area (Å²) in [6.07, 6.45) is 0. The van der Waals surface area contributed by atoms with Gasteiger partial charge >= 0.3 is 0 Å². The lowest BCUT2D eigenvalue weighted by Crippen LogP contribution is -2.12. The van der Waals surface area contributed by atoms with E-state index >= 15 is 0 Å². The summed E-state index contributed by atoms with van der Waals surface area (Å²) in [5, 5.41) is 21.0. The number of aromatic hydroxyl groups is 1. The van der Waals surface area contributed by atoms with Crippen molar-refractivity contribution in [3.05, 3.63) is 58.1 Å². The van der Waals surface area contributed by atoms with E-state index in [-0.39, 0.29) is 16.7 Å². The van der Waals surface area contributed by atoms with Crippen LogP contribution in [0.2, 0.25) is 5.02 Å². The van der Waals surface area contributed by atoms with Gasteiger partial charge in [0.25, 0.3) is 5.91 Å². The third-order valence-corrected chi connectivity index (χ3v) is 3.13. The van der Waals surface area contributed by atoms with E-state index in [9.17, 15) is 9.90 Å². The Balaban J connectivity index is 2.28. The van der Waals surface area contributed by atoms with Gasteiger partial charge in [-0.25, -0.2) is 0 Å². The predicted molar refractivity (Wildman–Crippen MR) is 77.0 cm³/mol. The summed E-state index contributed by atoms with van der Waals surface area (Å²) in [5.41, 5.74) is 2.21. The van der Waals surface area contributed by atoms with Crippen LogP contribution in [0.15, 0.2) is 36.4 Å². The van der Waals surface area contributed by atoms with Crippen LogP contribution < -0.4 is 5.32 Å². The number of carbonyl (C=O) groups is 1. The first kappa shape index (κ1) is 13.9. The van der Waals surface area contributed by atoms with Gasteiger partial charge in [-0.1, -0.05) is 17.7 Å². The minimum atomic E-state index is -0.356. The van der Waals surface area contributed by atoms with Crippen LogP contribution in [0.3, 0.4) is 0 Å². The molecule has 2 N–H and O–H groups in total. The van der Waals surface area contributed by atoms with E-state index in [1.165, 1.54) is 18.2 Å². The summed E-state index contributed by atoms with van der Waals surface area (Å²) in [5.74, 6) is -0.434. The summed E-state index contributed by atoms with van der Waals surface area (Å²) in [6.45, 7) is 1.83. The van der Waals surface area contributed by atoms with E-state index in [2.05, 4.69) is 5.32 Å². The smallest absolute Gasteiger partial charge is 0.255 e. The lowest BCUT2D eigenvalue weighted by Gasteiger charge is -2.09. The highest BCUT2D eigenvalue weighted by Crippen LogP contribution is 2.24. The number of hydrogen-bond acceptors (Lipinski definition) is 3. The SMILES string of the molecule is Cc1ccc(C#N)cc1NC(=O)c1ccc(O)c(Cl)c1. The third kappa shape index (κ3) is 2.90. The number of halogens is 1. The zero-order valence-electron chi connectivity index (χ0n) is 10.6. The third-order valence-electron chi connectivity index (χ3n) is 2.82. The Labute approximate surface area is 121 Å². The largest absolute Gasteiger partial charge is 0.506 e. The first-order valence-electron chi connectivity index (χ1n) is 5.82. The Morgan fingerprint density at radius 3 is 2.70 bits per heavy atom. The minimum Gasteiger partial charge on any atom is -0.506 e. The number of hydrogen-bond donors (Lipinski definition) is 2. The van der Waals surface area contributed by atoms with Gasteiger partial charge < -0.3 is 10.4 Å². The maximum Gasteiger partial charge on any atom is 0.255 e. The van der Waals surface area contributed by atoms with Crippen LogP contribution in [0.5, 0.6) is 5.75 Å². The number of nitriles is 1. The Morgan fingerprint density at radius 2 is 2.05 bits per heavy atom. The number of anilines is 1. The highest BCUT2D eigenvalue weighted by atomic mass is 35.5. The number of amides is 1. The van der Waals surface area contributed by atoms with Gasteiger partial charge in [-0.05, 0) is 42.8 Å². The van der Waals surface area contributed by atoms with E-state index in [1.807, 2.05) is 13.0 Å². The van der Waals surface area contributed by atoms with Gasteiger partial charge in [0.15, 0.2) is 0 Å². The van der Waals surface area contributed by atoms with E-state index in [0.29, 0.717) is 16.8 Å². The molecule has 0 aliphatic heterocycles. The van der Waals surface area contributed by atoms with Crippen molar-refractivity contribution in [2.75, 3.05) is 5.32 Å². The molecule has 0 saturated heterocycles. The van der Waals surface area contributed by atoms with Gasteiger partial charge in [0, 0.05) is 11.3 Å². The van der Waals surface area contributed by atoms with Crippen LogP contribution in [0, 0.1) is 18.3 Å². The summed E-state index contributed by atoms with van der Waals surface area (Å²) >= 11 is 5.77. The fraction of sp³-hybridized carbons (Fsp3) is 0.0667. The van der Waals surface area contributed by atoms with Gasteiger partial charge in [0.1, 0.15) is 5.75 Å². The van der Waals surface area contributed by atoms with Crippen LogP contribution in [-0.2, 0) is 0 Å². The first-order chi connectivity index (χ1) is 9.51. The highest BCUT2D eigenvalue weighted by Gasteiger charge is 2.10. The lowest BCUT2D eigenvalue weighted by atomic mass is 10.1. The van der Waals surface area contributed by atoms with Crippen molar-refractivity contribution in [1.82, 2.24) is 0 Å². The van der Waals surface area contributed by atoms with Gasteiger partial charge in [-0.15, -0.1) is 0 Å². The zero-order valence-corrected chi connectivity index (χ0v) is 11.4. The molecule has 0 fully saturated rings. The predicted octanol–water partition coefficient (Wildman–Crippen LogP) is 3.48. The molecule has 0 bridgehead atoms.